The van der Waals surface area contributed by atoms with Gasteiger partial charge in [0, 0.05) is 12.6 Å². The number of pyridine rings is 1. The average molecular weight is 456 g/mol. The number of halogens is 3. The monoisotopic (exact) mass is 456 g/mol. The molecule has 0 bridgehead atoms. The highest BCUT2D eigenvalue weighted by molar-refractivity contribution is 5.99. The lowest BCUT2D eigenvalue weighted by Crippen LogP contribution is -2.26. The molecule has 3 aromatic rings. The molecule has 0 fully saturated rings. The maximum Gasteiger partial charge on any atom is 0.261 e. The van der Waals surface area contributed by atoms with E-state index < -0.39 is 28.8 Å². The molecule has 170 valence electrons. The van der Waals surface area contributed by atoms with Crippen LogP contribution in [-0.2, 0) is 17.8 Å². The van der Waals surface area contributed by atoms with Crippen molar-refractivity contribution in [1.82, 2.24) is 4.57 Å². The van der Waals surface area contributed by atoms with Gasteiger partial charge in [-0.25, -0.2) is 13.2 Å². The number of fused-ring (bicyclic) bond motifs is 1. The highest BCUT2D eigenvalue weighted by atomic mass is 19.2. The third-order valence-electron chi connectivity index (χ3n) is 5.27. The van der Waals surface area contributed by atoms with E-state index in [1.54, 1.807) is 6.07 Å². The van der Waals surface area contributed by atoms with Gasteiger partial charge in [-0.2, -0.15) is 0 Å². The fraction of sp³-hybridized carbons (Fsp3) is 0.208. The predicted octanol–water partition coefficient (Wildman–Crippen LogP) is 3.85. The first kappa shape index (κ1) is 22.3. The number of nitrogens with one attached hydrogen (secondary N) is 1. The first-order valence-corrected chi connectivity index (χ1v) is 10.2. The second kappa shape index (κ2) is 9.32. The Morgan fingerprint density at radius 3 is 2.67 bits per heavy atom. The van der Waals surface area contributed by atoms with Gasteiger partial charge in [0.15, 0.2) is 29.0 Å². The van der Waals surface area contributed by atoms with Gasteiger partial charge in [0.2, 0.25) is 5.91 Å². The van der Waals surface area contributed by atoms with Crippen molar-refractivity contribution in [2.75, 3.05) is 11.9 Å². The number of carbonyl (C=O) groups is 2. The molecule has 0 spiro atoms. The summed E-state index contributed by atoms with van der Waals surface area (Å²) in [6.07, 6.45) is 1.80. The Kier molecular flexibility index (Phi) is 6.30. The largest absolute Gasteiger partial charge is 0.490 e. The van der Waals surface area contributed by atoms with E-state index in [2.05, 4.69) is 5.32 Å². The Morgan fingerprint density at radius 2 is 1.88 bits per heavy atom. The zero-order chi connectivity index (χ0) is 23.5. The van der Waals surface area contributed by atoms with Crippen molar-refractivity contribution in [2.45, 2.75) is 25.8 Å². The van der Waals surface area contributed by atoms with Crippen LogP contribution < -0.4 is 15.6 Å². The highest BCUT2D eigenvalue weighted by Crippen LogP contribution is 2.32. The molecule has 0 aliphatic carbocycles. The van der Waals surface area contributed by atoms with Crippen LogP contribution in [0.25, 0.3) is 0 Å². The van der Waals surface area contributed by atoms with E-state index in [4.69, 9.17) is 4.74 Å². The van der Waals surface area contributed by atoms with Crippen molar-refractivity contribution < 1.29 is 27.5 Å². The molecule has 33 heavy (non-hydrogen) atoms. The number of Topliss-reactive ketones (excluding diaryl/α,β-unsaturated/α-hetero) is 1. The third-order valence-corrected chi connectivity index (χ3v) is 5.27. The standard InChI is InChI=1S/C24H19F3N2O4/c25-17-7-5-14(11-18(17)26)13-29-9-1-3-16(24(29)32)19(30)4-2-10-33-20-8-6-15-12-21(31)28-23(15)22(20)27/h1,3,5-9,11H,2,4,10,12-13H2,(H,28,31). The Bertz CT molecular complexity index is 1300. The molecular weight excluding hydrogens is 437 g/mol. The fourth-order valence-electron chi connectivity index (χ4n) is 3.61. The number of carbonyl (C=O) groups excluding carboxylic acids is 2. The van der Waals surface area contributed by atoms with E-state index in [1.165, 1.54) is 35.0 Å². The summed E-state index contributed by atoms with van der Waals surface area (Å²) in [5, 5.41) is 2.45. The van der Waals surface area contributed by atoms with Gasteiger partial charge in [-0.1, -0.05) is 12.1 Å². The van der Waals surface area contributed by atoms with E-state index in [-0.39, 0.29) is 55.3 Å². The minimum atomic E-state index is -1.02. The summed E-state index contributed by atoms with van der Waals surface area (Å²) in [5.41, 5.74) is 0.463. The van der Waals surface area contributed by atoms with E-state index >= 15 is 0 Å². The van der Waals surface area contributed by atoms with Crippen LogP contribution >= 0.6 is 0 Å². The van der Waals surface area contributed by atoms with E-state index in [0.29, 0.717) is 11.1 Å². The molecule has 1 aliphatic rings. The van der Waals surface area contributed by atoms with Gasteiger partial charge in [0.25, 0.3) is 5.56 Å². The summed E-state index contributed by atoms with van der Waals surface area (Å²) < 4.78 is 47.6. The minimum Gasteiger partial charge on any atom is -0.490 e. The van der Waals surface area contributed by atoms with Gasteiger partial charge in [0.1, 0.15) is 0 Å². The molecular formula is C24H19F3N2O4. The number of amides is 1. The van der Waals surface area contributed by atoms with Crippen LogP contribution in [-0.4, -0.2) is 22.9 Å². The number of rotatable bonds is 8. The van der Waals surface area contributed by atoms with Crippen LogP contribution in [0.1, 0.15) is 34.3 Å². The molecule has 1 aromatic heterocycles. The molecule has 0 saturated heterocycles. The molecule has 2 heterocycles. The predicted molar refractivity (Wildman–Crippen MR) is 114 cm³/mol. The molecule has 9 heteroatoms. The quantitative estimate of drug-likeness (QED) is 0.413. The summed E-state index contributed by atoms with van der Waals surface area (Å²) in [6, 6.07) is 9.30. The third kappa shape index (κ3) is 4.82. The summed E-state index contributed by atoms with van der Waals surface area (Å²) in [4.78, 5) is 36.6. The van der Waals surface area contributed by atoms with Crippen LogP contribution in [0.5, 0.6) is 5.75 Å². The second-order valence-corrected chi connectivity index (χ2v) is 7.62. The Morgan fingerprint density at radius 1 is 1.06 bits per heavy atom. The van der Waals surface area contributed by atoms with Crippen LogP contribution in [0.4, 0.5) is 18.9 Å². The van der Waals surface area contributed by atoms with Crippen molar-refractivity contribution in [3.63, 3.8) is 0 Å². The molecule has 2 aromatic carbocycles. The number of anilines is 1. The molecule has 0 unspecified atom stereocenters. The molecule has 6 nitrogen and oxygen atoms in total. The molecule has 0 saturated carbocycles. The first-order valence-electron chi connectivity index (χ1n) is 10.2. The maximum atomic E-state index is 14.4. The zero-order valence-electron chi connectivity index (χ0n) is 17.4. The van der Waals surface area contributed by atoms with Gasteiger partial charge in [-0.3, -0.25) is 14.4 Å². The number of benzene rings is 2. The molecule has 1 N–H and O–H groups in total. The van der Waals surface area contributed by atoms with Gasteiger partial charge in [0.05, 0.1) is 30.8 Å². The number of hydrogen-bond acceptors (Lipinski definition) is 4. The summed E-state index contributed by atoms with van der Waals surface area (Å²) >= 11 is 0. The number of ketones is 1. The molecule has 4 rings (SSSR count). The van der Waals surface area contributed by atoms with E-state index in [9.17, 15) is 27.6 Å². The van der Waals surface area contributed by atoms with E-state index in [0.717, 1.165) is 12.1 Å². The van der Waals surface area contributed by atoms with Crippen LogP contribution in [0, 0.1) is 17.5 Å². The SMILES string of the molecule is O=C1Cc2ccc(OCCCC(=O)c3cccn(Cc4ccc(F)c(F)c4)c3=O)c(F)c2N1. The number of nitrogens with zero attached hydrogens (tertiary/aromatic N) is 1. The topological polar surface area (TPSA) is 77.4 Å². The fourth-order valence-corrected chi connectivity index (χ4v) is 3.61. The first-order chi connectivity index (χ1) is 15.8. The lowest BCUT2D eigenvalue weighted by atomic mass is 10.1. The van der Waals surface area contributed by atoms with Gasteiger partial charge >= 0.3 is 0 Å². The number of ether oxygens (including phenoxy) is 1. The van der Waals surface area contributed by atoms with Crippen molar-refractivity contribution in [3.05, 3.63) is 93.2 Å². The highest BCUT2D eigenvalue weighted by Gasteiger charge is 2.23. The van der Waals surface area contributed by atoms with Gasteiger partial charge in [-0.15, -0.1) is 0 Å². The Hall–Kier alpha value is -3.88. The summed E-state index contributed by atoms with van der Waals surface area (Å²) in [7, 11) is 0. The lowest BCUT2D eigenvalue weighted by molar-refractivity contribution is -0.115. The van der Waals surface area contributed by atoms with Gasteiger partial charge in [-0.05, 0) is 47.9 Å². The lowest BCUT2D eigenvalue weighted by Gasteiger charge is -2.10. The van der Waals surface area contributed by atoms with E-state index in [1.807, 2.05) is 0 Å². The minimum absolute atomic E-state index is 0.00622. The van der Waals surface area contributed by atoms with Crippen molar-refractivity contribution in [1.29, 1.82) is 0 Å². The van der Waals surface area contributed by atoms with Gasteiger partial charge < -0.3 is 14.6 Å². The van der Waals surface area contributed by atoms with Crippen LogP contribution in [0.3, 0.4) is 0 Å². The van der Waals surface area contributed by atoms with Crippen LogP contribution in [0.15, 0.2) is 53.5 Å². The Labute approximate surface area is 186 Å². The smallest absolute Gasteiger partial charge is 0.261 e. The number of aromatic nitrogens is 1. The Balaban J connectivity index is 1.36. The molecule has 0 radical (unpaired) electrons. The molecule has 0 atom stereocenters. The maximum absolute atomic E-state index is 14.4. The summed E-state index contributed by atoms with van der Waals surface area (Å²) in [6.45, 7) is 0.0136. The van der Waals surface area contributed by atoms with Crippen molar-refractivity contribution in [2.24, 2.45) is 0 Å². The van der Waals surface area contributed by atoms with Crippen LogP contribution in [0.2, 0.25) is 0 Å². The normalized spacial score (nSPS) is 12.4. The molecule has 1 aliphatic heterocycles. The average Bonchev–Trinajstić information content (AvgIpc) is 3.17. The number of hydrogen-bond donors (Lipinski definition) is 1. The van der Waals surface area contributed by atoms with Crippen molar-refractivity contribution >= 4 is 17.4 Å². The zero-order valence-corrected chi connectivity index (χ0v) is 17.4. The van der Waals surface area contributed by atoms with Crippen molar-refractivity contribution in [3.8, 4) is 5.75 Å². The second-order valence-electron chi connectivity index (χ2n) is 7.62. The summed E-state index contributed by atoms with van der Waals surface area (Å²) in [5.74, 6) is -3.39. The molecule has 1 amide bonds.